The number of aryl methyl sites for hydroxylation is 1. The molecule has 1 aliphatic heterocycles. The lowest BCUT2D eigenvalue weighted by molar-refractivity contribution is -0.113. The van der Waals surface area contributed by atoms with Crippen LogP contribution in [0.2, 0.25) is 0 Å². The molecule has 1 fully saturated rings. The number of aromatic nitrogens is 2. The third-order valence-corrected chi connectivity index (χ3v) is 9.85. The first kappa shape index (κ1) is 24.3. The van der Waals surface area contributed by atoms with E-state index in [4.69, 9.17) is 9.47 Å². The van der Waals surface area contributed by atoms with Crippen molar-refractivity contribution >= 4 is 19.2 Å². The van der Waals surface area contributed by atoms with E-state index in [1.54, 1.807) is 13.1 Å². The average Bonchev–Trinajstić information content (AvgIpc) is 3.15. The fourth-order valence-corrected chi connectivity index (χ4v) is 8.75. The number of benzene rings is 2. The van der Waals surface area contributed by atoms with E-state index in [9.17, 15) is 14.7 Å². The van der Waals surface area contributed by atoms with Gasteiger partial charge in [-0.3, -0.25) is 14.3 Å². The third-order valence-electron chi connectivity index (χ3n) is 6.19. The summed E-state index contributed by atoms with van der Waals surface area (Å²) < 4.78 is 14.6. The van der Waals surface area contributed by atoms with Crippen molar-refractivity contribution in [3.63, 3.8) is 0 Å². The average molecular weight is 481 g/mol. The van der Waals surface area contributed by atoms with E-state index in [0.717, 1.165) is 10.4 Å². The molecule has 8 heteroatoms. The van der Waals surface area contributed by atoms with Gasteiger partial charge in [-0.05, 0) is 27.7 Å². The summed E-state index contributed by atoms with van der Waals surface area (Å²) in [5.74, 6) is 0. The molecular weight excluding hydrogens is 448 g/mol. The molecule has 0 unspecified atom stereocenters. The number of nitrogens with zero attached hydrogens (tertiary/aromatic N) is 1. The van der Waals surface area contributed by atoms with Crippen LogP contribution in [-0.4, -0.2) is 47.9 Å². The minimum Gasteiger partial charge on any atom is -0.394 e. The van der Waals surface area contributed by atoms with Gasteiger partial charge >= 0.3 is 5.69 Å². The van der Waals surface area contributed by atoms with Crippen LogP contribution in [0.1, 0.15) is 32.8 Å². The van der Waals surface area contributed by atoms with E-state index >= 15 is 0 Å². The van der Waals surface area contributed by atoms with E-state index < -0.39 is 43.2 Å². The van der Waals surface area contributed by atoms with Crippen molar-refractivity contribution in [2.24, 2.45) is 0 Å². The first-order chi connectivity index (χ1) is 16.1. The highest BCUT2D eigenvalue weighted by molar-refractivity contribution is 6.86. The normalized spacial score (nSPS) is 22.9. The number of nitrogens with one attached hydrogen (secondary N) is 1. The van der Waals surface area contributed by atoms with Gasteiger partial charge in [0.15, 0.2) is 8.80 Å². The zero-order valence-corrected chi connectivity index (χ0v) is 21.2. The Morgan fingerprint density at radius 3 is 2.15 bits per heavy atom. The molecular formula is C26H32N2O5Si. The van der Waals surface area contributed by atoms with Crippen LogP contribution in [0.4, 0.5) is 0 Å². The second-order valence-electron chi connectivity index (χ2n) is 9.85. The van der Waals surface area contributed by atoms with Gasteiger partial charge in [0.1, 0.15) is 11.5 Å². The van der Waals surface area contributed by atoms with Gasteiger partial charge in [-0.2, -0.15) is 0 Å². The number of aromatic amines is 1. The van der Waals surface area contributed by atoms with Crippen LogP contribution in [0.3, 0.4) is 0 Å². The van der Waals surface area contributed by atoms with E-state index in [2.05, 4.69) is 29.2 Å². The highest BCUT2D eigenvalue weighted by Gasteiger charge is 2.55. The second-order valence-corrected chi connectivity index (χ2v) is 13.0. The Kier molecular flexibility index (Phi) is 6.77. The van der Waals surface area contributed by atoms with Crippen LogP contribution >= 0.6 is 0 Å². The molecule has 1 aliphatic rings. The van der Waals surface area contributed by atoms with Gasteiger partial charge in [0.2, 0.25) is 0 Å². The molecule has 0 bridgehead atoms. The minimum absolute atomic E-state index is 0.246. The Morgan fingerprint density at radius 2 is 1.65 bits per heavy atom. The van der Waals surface area contributed by atoms with Crippen molar-refractivity contribution in [2.45, 2.75) is 57.3 Å². The lowest BCUT2D eigenvalue weighted by atomic mass is 10.1. The van der Waals surface area contributed by atoms with Crippen LogP contribution < -0.4 is 21.6 Å². The maximum Gasteiger partial charge on any atom is 0.330 e. The Balaban J connectivity index is 2.00. The SMILES string of the molecule is Cc1cn([C@@]2([SiH](c3ccccc3)c3ccccc3)C[C@H](OC(C)(C)C)[C@@H](CO)O2)c(=O)[nH]c1=O. The summed E-state index contributed by atoms with van der Waals surface area (Å²) in [5.41, 5.74) is -1.02. The summed E-state index contributed by atoms with van der Waals surface area (Å²) in [6, 6.07) is 20.1. The largest absolute Gasteiger partial charge is 0.394 e. The Morgan fingerprint density at radius 1 is 1.09 bits per heavy atom. The van der Waals surface area contributed by atoms with Gasteiger partial charge in [-0.1, -0.05) is 71.0 Å². The maximum absolute atomic E-state index is 13.3. The number of H-pyrrole nitrogens is 1. The van der Waals surface area contributed by atoms with Crippen molar-refractivity contribution in [1.29, 1.82) is 0 Å². The van der Waals surface area contributed by atoms with Crippen LogP contribution in [0.5, 0.6) is 0 Å². The molecule has 0 spiro atoms. The fraction of sp³-hybridized carbons (Fsp3) is 0.385. The summed E-state index contributed by atoms with van der Waals surface area (Å²) in [6.45, 7) is 7.30. The van der Waals surface area contributed by atoms with Crippen molar-refractivity contribution in [3.05, 3.63) is 93.3 Å². The quantitative estimate of drug-likeness (QED) is 0.515. The fourth-order valence-electron chi connectivity index (χ4n) is 4.86. The number of ether oxygens (including phenoxy) is 2. The van der Waals surface area contributed by atoms with E-state index in [1.165, 1.54) is 4.57 Å². The standard InChI is InChI=1S/C26H32N2O5Si/c1-18-16-28(24(31)27-23(18)30)26(15-21(22(17-29)33-26)32-25(2,3)4)34(19-11-7-5-8-12-19)20-13-9-6-10-14-20/h5-14,16,21-22,29,34H,15,17H2,1-4H3,(H,27,30,31)/t21-,22+,26-/m0/s1. The highest BCUT2D eigenvalue weighted by atomic mass is 28.3. The zero-order chi connectivity index (χ0) is 24.5. The predicted octanol–water partition coefficient (Wildman–Crippen LogP) is 1.04. The number of aliphatic hydroxyl groups is 1. The molecule has 2 N–H and O–H groups in total. The summed E-state index contributed by atoms with van der Waals surface area (Å²) in [6.07, 6.45) is 0.884. The Hall–Kier alpha value is -2.78. The second kappa shape index (κ2) is 9.46. The molecule has 0 saturated carbocycles. The molecule has 34 heavy (non-hydrogen) atoms. The van der Waals surface area contributed by atoms with E-state index in [1.807, 2.05) is 57.2 Å². The monoisotopic (exact) mass is 480 g/mol. The van der Waals surface area contributed by atoms with Gasteiger partial charge in [0.25, 0.3) is 5.56 Å². The molecule has 2 aromatic carbocycles. The molecule has 1 aromatic heterocycles. The predicted molar refractivity (Wildman–Crippen MR) is 135 cm³/mol. The molecule has 0 radical (unpaired) electrons. The van der Waals surface area contributed by atoms with Gasteiger partial charge < -0.3 is 14.6 Å². The van der Waals surface area contributed by atoms with Crippen LogP contribution in [0.15, 0.2) is 76.4 Å². The molecule has 7 nitrogen and oxygen atoms in total. The Bertz CT molecular complexity index is 1200. The molecule has 2 heterocycles. The van der Waals surface area contributed by atoms with Gasteiger partial charge in [0, 0.05) is 18.2 Å². The number of rotatable bonds is 6. The zero-order valence-electron chi connectivity index (χ0n) is 20.0. The van der Waals surface area contributed by atoms with Gasteiger partial charge in [0.05, 0.1) is 18.3 Å². The van der Waals surface area contributed by atoms with Crippen molar-refractivity contribution in [2.75, 3.05) is 6.61 Å². The van der Waals surface area contributed by atoms with Gasteiger partial charge in [-0.15, -0.1) is 0 Å². The third kappa shape index (κ3) is 4.72. The summed E-state index contributed by atoms with van der Waals surface area (Å²) in [7, 11) is -2.36. The molecule has 3 aromatic rings. The van der Waals surface area contributed by atoms with Crippen LogP contribution in [0, 0.1) is 6.92 Å². The molecule has 0 aliphatic carbocycles. The summed E-state index contributed by atoms with van der Waals surface area (Å²) in [5, 5.41) is 11.3. The number of hydrogen-bond acceptors (Lipinski definition) is 5. The molecule has 4 rings (SSSR count). The van der Waals surface area contributed by atoms with E-state index in [-0.39, 0.29) is 6.61 Å². The topological polar surface area (TPSA) is 93.6 Å². The lowest BCUT2D eigenvalue weighted by Crippen LogP contribution is -2.64. The minimum atomic E-state index is -2.36. The number of hydrogen-bond donors (Lipinski definition) is 2. The van der Waals surface area contributed by atoms with Crippen molar-refractivity contribution in [3.8, 4) is 0 Å². The molecule has 180 valence electrons. The lowest BCUT2D eigenvalue weighted by Gasteiger charge is -2.38. The van der Waals surface area contributed by atoms with Crippen molar-refractivity contribution in [1.82, 2.24) is 9.55 Å². The summed E-state index contributed by atoms with van der Waals surface area (Å²) >= 11 is 0. The number of aliphatic hydroxyl groups excluding tert-OH is 1. The first-order valence-electron chi connectivity index (χ1n) is 11.5. The highest BCUT2D eigenvalue weighted by Crippen LogP contribution is 2.39. The molecule has 3 atom stereocenters. The smallest absolute Gasteiger partial charge is 0.330 e. The van der Waals surface area contributed by atoms with Crippen LogP contribution in [-0.2, 0) is 14.8 Å². The van der Waals surface area contributed by atoms with Gasteiger partial charge in [-0.25, -0.2) is 4.79 Å². The first-order valence-corrected chi connectivity index (χ1v) is 13.3. The van der Waals surface area contributed by atoms with Crippen LogP contribution in [0.25, 0.3) is 0 Å². The maximum atomic E-state index is 13.3. The van der Waals surface area contributed by atoms with Crippen molar-refractivity contribution < 1.29 is 14.6 Å². The molecule has 0 amide bonds. The summed E-state index contributed by atoms with van der Waals surface area (Å²) in [4.78, 5) is 28.0. The molecule has 1 saturated heterocycles. The Labute approximate surface area is 200 Å². The van der Waals surface area contributed by atoms with E-state index in [0.29, 0.717) is 12.0 Å².